The molecule has 1 unspecified atom stereocenters. The Bertz CT molecular complexity index is 1270. The molecule has 1 aromatic carbocycles. The Morgan fingerprint density at radius 2 is 1.94 bits per heavy atom. The van der Waals surface area contributed by atoms with Crippen LogP contribution < -0.4 is 5.73 Å². The van der Waals surface area contributed by atoms with Gasteiger partial charge in [-0.15, -0.1) is 10.2 Å². The number of alkyl halides is 3. The number of likely N-dealkylation sites (tertiary alicyclic amines) is 1. The van der Waals surface area contributed by atoms with Crippen LogP contribution in [0.4, 0.5) is 13.2 Å². The van der Waals surface area contributed by atoms with Gasteiger partial charge in [0.15, 0.2) is 11.5 Å². The third-order valence-electron chi connectivity index (χ3n) is 5.57. The van der Waals surface area contributed by atoms with Crippen LogP contribution in [-0.2, 0) is 0 Å². The van der Waals surface area contributed by atoms with E-state index < -0.39 is 12.2 Å². The summed E-state index contributed by atoms with van der Waals surface area (Å²) < 4.78 is 43.5. The molecule has 0 saturated carbocycles. The van der Waals surface area contributed by atoms with E-state index in [0.717, 1.165) is 5.39 Å². The lowest BCUT2D eigenvalue weighted by atomic mass is 10.1. The fourth-order valence-corrected chi connectivity index (χ4v) is 4.36. The number of nitrogens with zero attached hydrogens (tertiary/aromatic N) is 5. The average molecular weight is 447 g/mol. The van der Waals surface area contributed by atoms with E-state index in [4.69, 9.17) is 17.3 Å². The number of benzene rings is 1. The molecule has 0 amide bonds. The highest BCUT2D eigenvalue weighted by atomic mass is 35.5. The lowest BCUT2D eigenvalue weighted by Crippen LogP contribution is -2.38. The number of hydrogen-bond acceptors (Lipinski definition) is 5. The molecule has 31 heavy (non-hydrogen) atoms. The van der Waals surface area contributed by atoms with Gasteiger partial charge in [0.05, 0.1) is 10.5 Å². The molecule has 1 aliphatic rings. The molecule has 0 radical (unpaired) electrons. The number of fused-ring (bicyclic) bond motifs is 2. The van der Waals surface area contributed by atoms with Gasteiger partial charge in [-0.1, -0.05) is 35.9 Å². The minimum absolute atomic E-state index is 0.106. The van der Waals surface area contributed by atoms with E-state index in [2.05, 4.69) is 15.2 Å². The molecule has 1 saturated heterocycles. The van der Waals surface area contributed by atoms with Crippen LogP contribution in [0, 0.1) is 0 Å². The summed E-state index contributed by atoms with van der Waals surface area (Å²) in [5.74, 6) is 0.345. The summed E-state index contributed by atoms with van der Waals surface area (Å²) in [6, 6.07) is 10.0. The fourth-order valence-electron chi connectivity index (χ4n) is 4.14. The van der Waals surface area contributed by atoms with Gasteiger partial charge in [-0.2, -0.15) is 13.2 Å². The summed E-state index contributed by atoms with van der Waals surface area (Å²) in [6.45, 7) is 0.491. The van der Waals surface area contributed by atoms with E-state index in [9.17, 15) is 13.2 Å². The van der Waals surface area contributed by atoms with Gasteiger partial charge in [0.2, 0.25) is 0 Å². The van der Waals surface area contributed by atoms with Gasteiger partial charge >= 0.3 is 6.18 Å². The van der Waals surface area contributed by atoms with Crippen molar-refractivity contribution in [2.24, 2.45) is 5.73 Å². The second-order valence-corrected chi connectivity index (χ2v) is 8.12. The number of pyridine rings is 2. The van der Waals surface area contributed by atoms with Crippen molar-refractivity contribution in [3.05, 3.63) is 59.2 Å². The molecule has 0 bridgehead atoms. The largest absolute Gasteiger partial charge is 0.408 e. The maximum absolute atomic E-state index is 14.0. The van der Waals surface area contributed by atoms with Crippen molar-refractivity contribution < 1.29 is 13.2 Å². The first-order valence-electron chi connectivity index (χ1n) is 9.78. The number of halogens is 4. The first-order chi connectivity index (χ1) is 14.8. The molecular weight excluding hydrogens is 429 g/mol. The molecule has 2 N–H and O–H groups in total. The zero-order valence-electron chi connectivity index (χ0n) is 16.2. The monoisotopic (exact) mass is 446 g/mol. The first-order valence-corrected chi connectivity index (χ1v) is 10.2. The number of para-hydroxylation sites is 1. The highest BCUT2D eigenvalue weighted by Crippen LogP contribution is 2.39. The molecule has 1 fully saturated rings. The third kappa shape index (κ3) is 3.62. The molecule has 0 spiro atoms. The lowest BCUT2D eigenvalue weighted by Gasteiger charge is -2.30. The van der Waals surface area contributed by atoms with E-state index in [0.29, 0.717) is 40.7 Å². The van der Waals surface area contributed by atoms with Crippen molar-refractivity contribution in [1.29, 1.82) is 0 Å². The van der Waals surface area contributed by atoms with Gasteiger partial charge in [0.25, 0.3) is 0 Å². The minimum atomic E-state index is -4.44. The van der Waals surface area contributed by atoms with Gasteiger partial charge in [-0.05, 0) is 30.2 Å². The molecule has 0 aliphatic carbocycles. The zero-order valence-corrected chi connectivity index (χ0v) is 17.0. The van der Waals surface area contributed by atoms with Crippen molar-refractivity contribution in [2.45, 2.75) is 24.7 Å². The van der Waals surface area contributed by atoms with Crippen molar-refractivity contribution in [1.82, 2.24) is 24.5 Å². The molecule has 1 aliphatic heterocycles. The summed E-state index contributed by atoms with van der Waals surface area (Å²) in [5.41, 5.74) is 7.46. The molecule has 5 rings (SSSR count). The summed E-state index contributed by atoms with van der Waals surface area (Å²) in [6.07, 6.45) is -2.47. The Hall–Kier alpha value is -2.75. The van der Waals surface area contributed by atoms with Crippen LogP contribution in [0.2, 0.25) is 5.02 Å². The normalized spacial score (nSPS) is 18.8. The Labute approximate surface area is 180 Å². The predicted octanol–water partition coefficient (Wildman–Crippen LogP) is 4.23. The van der Waals surface area contributed by atoms with E-state index in [1.807, 2.05) is 18.2 Å². The summed E-state index contributed by atoms with van der Waals surface area (Å²) in [4.78, 5) is 5.95. The summed E-state index contributed by atoms with van der Waals surface area (Å²) >= 11 is 6.26. The van der Waals surface area contributed by atoms with Crippen molar-refractivity contribution in [3.8, 4) is 11.5 Å². The van der Waals surface area contributed by atoms with E-state index >= 15 is 0 Å². The van der Waals surface area contributed by atoms with Crippen LogP contribution in [0.5, 0.6) is 0 Å². The molecular formula is C21H18ClF3N6. The lowest BCUT2D eigenvalue weighted by molar-refractivity contribution is -0.183. The van der Waals surface area contributed by atoms with Gasteiger partial charge in [-0.25, -0.2) is 4.98 Å². The highest BCUT2D eigenvalue weighted by molar-refractivity contribution is 6.35. The van der Waals surface area contributed by atoms with Gasteiger partial charge in [0, 0.05) is 30.7 Å². The van der Waals surface area contributed by atoms with E-state index in [-0.39, 0.29) is 18.2 Å². The van der Waals surface area contributed by atoms with E-state index in [1.54, 1.807) is 12.1 Å². The Kier molecular flexibility index (Phi) is 4.84. The topological polar surface area (TPSA) is 72.3 Å². The smallest absolute Gasteiger partial charge is 0.326 e. The standard InChI is InChI=1S/C21H18ClF3N6/c22-15-3-1-2-12-4-6-16(27-18(12)15)20-29-28-17-7-5-13(10-31(17)20)19(21(23,24)25)30-9-8-14(26)11-30/h1-7,10,14,19H,8-9,11,26H2/t14?,19-/m1/s1. The SMILES string of the molecule is NC1CCN([C@H](c2ccc3nnc(-c4ccc5cccc(Cl)c5n4)n3c2)C(F)(F)F)C1. The van der Waals surface area contributed by atoms with Gasteiger partial charge in [-0.3, -0.25) is 9.30 Å². The second-order valence-electron chi connectivity index (χ2n) is 7.71. The van der Waals surface area contributed by atoms with Crippen molar-refractivity contribution in [3.63, 3.8) is 0 Å². The van der Waals surface area contributed by atoms with Crippen LogP contribution in [0.1, 0.15) is 18.0 Å². The fraction of sp³-hybridized carbons (Fsp3) is 0.286. The molecule has 3 aromatic heterocycles. The van der Waals surface area contributed by atoms with Crippen molar-refractivity contribution in [2.75, 3.05) is 13.1 Å². The minimum Gasteiger partial charge on any atom is -0.326 e. The quantitative estimate of drug-likeness (QED) is 0.509. The van der Waals surface area contributed by atoms with Crippen molar-refractivity contribution >= 4 is 28.2 Å². The van der Waals surface area contributed by atoms with Crippen LogP contribution in [0.25, 0.3) is 28.1 Å². The Morgan fingerprint density at radius 1 is 1.10 bits per heavy atom. The maximum atomic E-state index is 14.0. The van der Waals surface area contributed by atoms with Gasteiger partial charge in [0.1, 0.15) is 11.7 Å². The molecule has 4 heterocycles. The van der Waals surface area contributed by atoms with Crippen LogP contribution in [-0.4, -0.2) is 49.8 Å². The molecule has 6 nitrogen and oxygen atoms in total. The molecule has 160 valence electrons. The number of rotatable bonds is 3. The number of hydrogen-bond donors (Lipinski definition) is 1. The van der Waals surface area contributed by atoms with Crippen LogP contribution in [0.15, 0.2) is 48.7 Å². The Morgan fingerprint density at radius 3 is 2.68 bits per heavy atom. The van der Waals surface area contributed by atoms with E-state index in [1.165, 1.54) is 27.6 Å². The third-order valence-corrected chi connectivity index (χ3v) is 5.88. The second kappa shape index (κ2) is 7.44. The number of aromatic nitrogens is 4. The van der Waals surface area contributed by atoms with Crippen LogP contribution >= 0.6 is 11.6 Å². The first kappa shape index (κ1) is 20.2. The Balaban J connectivity index is 1.62. The average Bonchev–Trinajstić information content (AvgIpc) is 3.33. The predicted molar refractivity (Wildman–Crippen MR) is 112 cm³/mol. The summed E-state index contributed by atoms with van der Waals surface area (Å²) in [7, 11) is 0. The highest BCUT2D eigenvalue weighted by Gasteiger charge is 2.46. The van der Waals surface area contributed by atoms with Gasteiger partial charge < -0.3 is 5.73 Å². The molecule has 10 heteroatoms. The zero-order chi connectivity index (χ0) is 21.8. The van der Waals surface area contributed by atoms with Crippen LogP contribution in [0.3, 0.4) is 0 Å². The summed E-state index contributed by atoms with van der Waals surface area (Å²) in [5, 5.41) is 9.60. The molecule has 2 atom stereocenters. The molecule has 4 aromatic rings. The number of nitrogens with two attached hydrogens (primary N) is 1. The maximum Gasteiger partial charge on any atom is 0.408 e.